The van der Waals surface area contributed by atoms with Crippen molar-refractivity contribution in [1.82, 2.24) is 29.5 Å². The first kappa shape index (κ1) is 19.7. The lowest BCUT2D eigenvalue weighted by atomic mass is 10.1. The first-order valence-corrected chi connectivity index (χ1v) is 11.5. The molecular formula is C24H21N7OS. The maximum Gasteiger partial charge on any atom is 0.291 e. The number of H-pyrrole nitrogens is 1. The first-order valence-electron chi connectivity index (χ1n) is 10.6. The van der Waals surface area contributed by atoms with E-state index in [2.05, 4.69) is 44.9 Å². The van der Waals surface area contributed by atoms with Gasteiger partial charge in [-0.25, -0.2) is 9.67 Å². The number of thiazole rings is 1. The Hall–Kier alpha value is -3.98. The molecule has 6 aromatic rings. The zero-order valence-corrected chi connectivity index (χ0v) is 19.0. The number of aryl methyl sites for hydroxylation is 1. The van der Waals surface area contributed by atoms with E-state index in [4.69, 9.17) is 4.98 Å². The van der Waals surface area contributed by atoms with Crippen LogP contribution in [0.1, 0.15) is 16.1 Å². The highest BCUT2D eigenvalue weighted by molar-refractivity contribution is 7.19. The van der Waals surface area contributed by atoms with Gasteiger partial charge in [0.1, 0.15) is 10.5 Å². The Kier molecular flexibility index (Phi) is 4.51. The lowest BCUT2D eigenvalue weighted by molar-refractivity contribution is 0.647. The summed E-state index contributed by atoms with van der Waals surface area (Å²) < 4.78 is 4.41. The Morgan fingerprint density at radius 3 is 2.76 bits per heavy atom. The van der Waals surface area contributed by atoms with Gasteiger partial charge in [0.05, 0.1) is 29.2 Å². The summed E-state index contributed by atoms with van der Waals surface area (Å²) in [5, 5.41) is 17.6. The normalized spacial score (nSPS) is 11.7. The average molecular weight is 456 g/mol. The third-order valence-corrected chi connectivity index (χ3v) is 7.14. The fourth-order valence-corrected chi connectivity index (χ4v) is 5.45. The Labute approximate surface area is 192 Å². The molecule has 0 spiro atoms. The number of nitrogens with zero attached hydrogens (tertiary/aromatic N) is 5. The highest BCUT2D eigenvalue weighted by atomic mass is 32.1. The van der Waals surface area contributed by atoms with Crippen molar-refractivity contribution in [3.8, 4) is 0 Å². The number of anilines is 1. The van der Waals surface area contributed by atoms with Gasteiger partial charge in [-0.2, -0.15) is 10.2 Å². The highest BCUT2D eigenvalue weighted by Crippen LogP contribution is 2.32. The van der Waals surface area contributed by atoms with Gasteiger partial charge in [-0.1, -0.05) is 24.3 Å². The van der Waals surface area contributed by atoms with E-state index >= 15 is 0 Å². The molecule has 0 atom stereocenters. The van der Waals surface area contributed by atoms with Gasteiger partial charge in [0.15, 0.2) is 5.65 Å². The van der Waals surface area contributed by atoms with Gasteiger partial charge in [0.25, 0.3) is 5.56 Å². The molecule has 0 saturated carbocycles. The summed E-state index contributed by atoms with van der Waals surface area (Å²) in [4.78, 5) is 18.2. The number of fused-ring (bicyclic) bond motifs is 4. The molecule has 0 aliphatic rings. The van der Waals surface area contributed by atoms with Gasteiger partial charge in [0.2, 0.25) is 0 Å². The molecule has 0 radical (unpaired) electrons. The van der Waals surface area contributed by atoms with Crippen LogP contribution in [0.3, 0.4) is 0 Å². The summed E-state index contributed by atoms with van der Waals surface area (Å²) in [6, 6.07) is 14.3. The van der Waals surface area contributed by atoms with Crippen LogP contribution in [0.5, 0.6) is 0 Å². The zero-order chi connectivity index (χ0) is 22.5. The number of aromatic amines is 1. The molecule has 2 aromatic carbocycles. The number of nitrogens with one attached hydrogen (secondary N) is 2. The topological polar surface area (TPSA) is 93.4 Å². The van der Waals surface area contributed by atoms with E-state index in [1.807, 2.05) is 36.9 Å². The molecule has 0 saturated heterocycles. The summed E-state index contributed by atoms with van der Waals surface area (Å²) in [7, 11) is 3.81. The number of benzene rings is 2. The quantitative estimate of drug-likeness (QED) is 0.411. The molecule has 0 aliphatic carbocycles. The van der Waals surface area contributed by atoms with Gasteiger partial charge < -0.3 is 9.88 Å². The standard InChI is InChI=1S/C24H21N7OS/c1-25-16-8-6-14(7-9-16)10-20-28-23-22(33-20)18-12-27-31(24(32)21(18)30(23)2)13-15-4-3-5-19-17(15)11-26-29-19/h3-9,11-12,25H,10,13H2,1-2H3,(H,26,29). The van der Waals surface area contributed by atoms with Crippen molar-refractivity contribution in [1.29, 1.82) is 0 Å². The SMILES string of the molecule is CNc1ccc(Cc2nc3c(s2)c2cnn(Cc4cccc5[nH]ncc45)c(=O)c2n3C)cc1. The third-order valence-electron chi connectivity index (χ3n) is 6.06. The fraction of sp³-hybridized carbons (Fsp3) is 0.167. The second-order valence-corrected chi connectivity index (χ2v) is 9.14. The maximum absolute atomic E-state index is 13.4. The van der Waals surface area contributed by atoms with Gasteiger partial charge in [-0.15, -0.1) is 11.3 Å². The minimum Gasteiger partial charge on any atom is -0.388 e. The summed E-state index contributed by atoms with van der Waals surface area (Å²) in [6.07, 6.45) is 4.33. The molecule has 0 amide bonds. The molecule has 6 rings (SSSR count). The number of hydrogen-bond donors (Lipinski definition) is 2. The highest BCUT2D eigenvalue weighted by Gasteiger charge is 2.18. The van der Waals surface area contributed by atoms with Crippen molar-refractivity contribution in [3.05, 3.63) is 81.3 Å². The third kappa shape index (κ3) is 3.20. The van der Waals surface area contributed by atoms with Crippen molar-refractivity contribution in [2.24, 2.45) is 7.05 Å². The van der Waals surface area contributed by atoms with E-state index in [0.717, 1.165) is 49.3 Å². The Morgan fingerprint density at radius 1 is 1.09 bits per heavy atom. The van der Waals surface area contributed by atoms with Crippen molar-refractivity contribution < 1.29 is 0 Å². The van der Waals surface area contributed by atoms with Gasteiger partial charge in [-0.3, -0.25) is 9.89 Å². The molecule has 0 bridgehead atoms. The molecule has 2 N–H and O–H groups in total. The largest absolute Gasteiger partial charge is 0.388 e. The van der Waals surface area contributed by atoms with Crippen molar-refractivity contribution in [2.75, 3.05) is 12.4 Å². The molecule has 4 aromatic heterocycles. The van der Waals surface area contributed by atoms with Crippen molar-refractivity contribution in [3.63, 3.8) is 0 Å². The minimum atomic E-state index is -0.120. The van der Waals surface area contributed by atoms with E-state index in [1.165, 1.54) is 10.2 Å². The Bertz CT molecular complexity index is 1690. The second-order valence-electron chi connectivity index (χ2n) is 8.06. The smallest absolute Gasteiger partial charge is 0.291 e. The van der Waals surface area contributed by atoms with E-state index in [0.29, 0.717) is 12.1 Å². The van der Waals surface area contributed by atoms with Crippen LogP contribution in [0.4, 0.5) is 5.69 Å². The van der Waals surface area contributed by atoms with Crippen molar-refractivity contribution >= 4 is 49.2 Å². The number of aromatic nitrogens is 6. The molecule has 0 unspecified atom stereocenters. The van der Waals surface area contributed by atoms with Crippen LogP contribution in [0.2, 0.25) is 0 Å². The predicted octanol–water partition coefficient (Wildman–Crippen LogP) is 3.90. The van der Waals surface area contributed by atoms with Gasteiger partial charge >= 0.3 is 0 Å². The van der Waals surface area contributed by atoms with Crippen LogP contribution < -0.4 is 10.9 Å². The summed E-state index contributed by atoms with van der Waals surface area (Å²) in [5.74, 6) is 0. The lowest BCUT2D eigenvalue weighted by Gasteiger charge is -2.07. The second kappa shape index (κ2) is 7.56. The van der Waals surface area contributed by atoms with Crippen LogP contribution in [-0.2, 0) is 20.0 Å². The molecule has 9 heteroatoms. The van der Waals surface area contributed by atoms with E-state index in [9.17, 15) is 4.79 Å². The summed E-state index contributed by atoms with van der Waals surface area (Å²) >= 11 is 1.63. The van der Waals surface area contributed by atoms with E-state index < -0.39 is 0 Å². The van der Waals surface area contributed by atoms with E-state index in [-0.39, 0.29) is 5.56 Å². The Balaban J connectivity index is 1.38. The molecular weight excluding hydrogens is 434 g/mol. The average Bonchev–Trinajstić information content (AvgIpc) is 3.53. The molecule has 33 heavy (non-hydrogen) atoms. The van der Waals surface area contributed by atoms with Crippen LogP contribution >= 0.6 is 11.3 Å². The van der Waals surface area contributed by atoms with Crippen molar-refractivity contribution in [2.45, 2.75) is 13.0 Å². The van der Waals surface area contributed by atoms with Crippen LogP contribution in [0.15, 0.2) is 59.7 Å². The molecule has 4 heterocycles. The maximum atomic E-state index is 13.4. The molecule has 0 aliphatic heterocycles. The van der Waals surface area contributed by atoms with Gasteiger partial charge in [0, 0.05) is 37.0 Å². The molecule has 8 nitrogen and oxygen atoms in total. The number of rotatable bonds is 5. The summed E-state index contributed by atoms with van der Waals surface area (Å²) in [6.45, 7) is 0.381. The van der Waals surface area contributed by atoms with E-state index in [1.54, 1.807) is 23.7 Å². The first-order chi connectivity index (χ1) is 16.1. The monoisotopic (exact) mass is 455 g/mol. The van der Waals surface area contributed by atoms with Crippen LogP contribution in [0.25, 0.3) is 32.2 Å². The lowest BCUT2D eigenvalue weighted by Crippen LogP contribution is -2.24. The molecule has 0 fully saturated rings. The van der Waals surface area contributed by atoms with Crippen LogP contribution in [-0.4, -0.2) is 36.6 Å². The minimum absolute atomic E-state index is 0.120. The van der Waals surface area contributed by atoms with Gasteiger partial charge in [-0.05, 0) is 29.3 Å². The summed E-state index contributed by atoms with van der Waals surface area (Å²) in [5.41, 5.74) is 5.55. The predicted molar refractivity (Wildman–Crippen MR) is 132 cm³/mol. The van der Waals surface area contributed by atoms with Crippen LogP contribution in [0, 0.1) is 0 Å². The zero-order valence-electron chi connectivity index (χ0n) is 18.2. The molecule has 164 valence electrons. The fourth-order valence-electron chi connectivity index (χ4n) is 4.31. The number of hydrogen-bond acceptors (Lipinski definition) is 6. The Morgan fingerprint density at radius 2 is 1.94 bits per heavy atom.